The van der Waals surface area contributed by atoms with Gasteiger partial charge in [-0.1, -0.05) is 0 Å². The monoisotopic (exact) mass is 380 g/mol. The molecule has 0 aliphatic rings. The number of amides is 1. The first-order valence-electron chi connectivity index (χ1n) is 8.44. The van der Waals surface area contributed by atoms with Gasteiger partial charge < -0.3 is 15.0 Å². The van der Waals surface area contributed by atoms with E-state index in [1.54, 1.807) is 63.6 Å². The lowest BCUT2D eigenvalue weighted by molar-refractivity contribution is 0.0600. The summed E-state index contributed by atoms with van der Waals surface area (Å²) < 4.78 is 4.79. The number of hydrogen-bond donors (Lipinski definition) is 1. The summed E-state index contributed by atoms with van der Waals surface area (Å²) in [5, 5.41) is 15.4. The number of carbonyl (C=O) groups excluding carboxylic acids is 2. The molecule has 2 aromatic carbocycles. The third-order valence-corrected chi connectivity index (χ3v) is 4.01. The normalized spacial score (nSPS) is 10.4. The Morgan fingerprint density at radius 2 is 1.75 bits per heavy atom. The Morgan fingerprint density at radius 3 is 2.32 bits per heavy atom. The molecule has 0 unspecified atom stereocenters. The summed E-state index contributed by atoms with van der Waals surface area (Å²) >= 11 is 0. The van der Waals surface area contributed by atoms with Crippen molar-refractivity contribution < 1.29 is 14.3 Å². The highest BCUT2D eigenvalue weighted by molar-refractivity contribution is 5.95. The first-order chi connectivity index (χ1) is 13.4. The molecule has 0 atom stereocenters. The number of carbonyl (C=O) groups is 2. The standard InChI is InChI=1S/C19H20N6O3/c1-24(2)18(26)12-5-8-14(9-6-12)20-16-10-7-13(19(27)28-4)11-15(16)17-21-23-25(3)22-17/h5-11,20H,1-4H3. The summed E-state index contributed by atoms with van der Waals surface area (Å²) in [7, 11) is 6.40. The predicted molar refractivity (Wildman–Crippen MR) is 103 cm³/mol. The van der Waals surface area contributed by atoms with E-state index in [0.29, 0.717) is 28.2 Å². The maximum absolute atomic E-state index is 12.0. The van der Waals surface area contributed by atoms with Gasteiger partial charge in [0.05, 0.1) is 19.7 Å². The van der Waals surface area contributed by atoms with Crippen molar-refractivity contribution in [3.8, 4) is 11.4 Å². The molecule has 0 aliphatic carbocycles. The number of aromatic nitrogens is 4. The molecule has 144 valence electrons. The molecule has 0 aliphatic heterocycles. The van der Waals surface area contributed by atoms with Crippen LogP contribution in [-0.2, 0) is 11.8 Å². The van der Waals surface area contributed by atoms with Crippen LogP contribution in [0.2, 0.25) is 0 Å². The Kier molecular flexibility index (Phi) is 5.35. The highest BCUT2D eigenvalue weighted by atomic mass is 16.5. The number of aryl methyl sites for hydroxylation is 1. The summed E-state index contributed by atoms with van der Waals surface area (Å²) in [6, 6.07) is 12.1. The number of anilines is 2. The summed E-state index contributed by atoms with van der Waals surface area (Å²) in [5.41, 5.74) is 3.03. The number of rotatable bonds is 5. The average Bonchev–Trinajstić information content (AvgIpc) is 3.13. The number of tetrazole rings is 1. The molecule has 28 heavy (non-hydrogen) atoms. The third kappa shape index (κ3) is 3.98. The van der Waals surface area contributed by atoms with Crippen molar-refractivity contribution >= 4 is 23.3 Å². The van der Waals surface area contributed by atoms with Crippen LogP contribution < -0.4 is 5.32 Å². The van der Waals surface area contributed by atoms with Gasteiger partial charge in [0, 0.05) is 36.6 Å². The second-order valence-corrected chi connectivity index (χ2v) is 6.26. The first-order valence-corrected chi connectivity index (χ1v) is 8.44. The molecule has 0 saturated heterocycles. The van der Waals surface area contributed by atoms with E-state index in [9.17, 15) is 9.59 Å². The number of esters is 1. The predicted octanol–water partition coefficient (Wildman–Crippen LogP) is 2.11. The molecule has 1 amide bonds. The zero-order valence-corrected chi connectivity index (χ0v) is 16.0. The zero-order chi connectivity index (χ0) is 20.3. The molecule has 0 fully saturated rings. The first kappa shape index (κ1) is 19.0. The minimum atomic E-state index is -0.455. The fourth-order valence-electron chi connectivity index (χ4n) is 2.58. The van der Waals surface area contributed by atoms with Crippen LogP contribution in [0.25, 0.3) is 11.4 Å². The van der Waals surface area contributed by atoms with Crippen LogP contribution >= 0.6 is 0 Å². The molecule has 1 aromatic heterocycles. The summed E-state index contributed by atoms with van der Waals surface area (Å²) in [6.07, 6.45) is 0. The third-order valence-electron chi connectivity index (χ3n) is 4.01. The maximum atomic E-state index is 12.0. The summed E-state index contributed by atoms with van der Waals surface area (Å²) in [5.74, 6) is -0.156. The van der Waals surface area contributed by atoms with E-state index in [1.165, 1.54) is 16.8 Å². The summed E-state index contributed by atoms with van der Waals surface area (Å²) in [4.78, 5) is 26.8. The number of ether oxygens (including phenoxy) is 1. The van der Waals surface area contributed by atoms with Gasteiger partial charge in [-0.15, -0.1) is 10.2 Å². The van der Waals surface area contributed by atoms with Crippen LogP contribution in [0.5, 0.6) is 0 Å². The minimum Gasteiger partial charge on any atom is -0.465 e. The van der Waals surface area contributed by atoms with E-state index in [2.05, 4.69) is 20.7 Å². The second-order valence-electron chi connectivity index (χ2n) is 6.26. The van der Waals surface area contributed by atoms with Gasteiger partial charge in [0.2, 0.25) is 5.82 Å². The molecule has 1 heterocycles. The van der Waals surface area contributed by atoms with E-state index in [1.807, 2.05) is 0 Å². The molecule has 9 nitrogen and oxygen atoms in total. The smallest absolute Gasteiger partial charge is 0.337 e. The van der Waals surface area contributed by atoms with E-state index in [4.69, 9.17) is 4.74 Å². The number of nitrogens with one attached hydrogen (secondary N) is 1. The molecule has 0 saturated carbocycles. The van der Waals surface area contributed by atoms with Gasteiger partial charge in [-0.3, -0.25) is 4.79 Å². The fraction of sp³-hybridized carbons (Fsp3) is 0.211. The number of benzene rings is 2. The highest BCUT2D eigenvalue weighted by Gasteiger charge is 2.15. The van der Waals surface area contributed by atoms with Gasteiger partial charge in [-0.2, -0.15) is 4.80 Å². The number of nitrogens with zero attached hydrogens (tertiary/aromatic N) is 5. The van der Waals surface area contributed by atoms with Crippen molar-refractivity contribution in [3.63, 3.8) is 0 Å². The average molecular weight is 380 g/mol. The van der Waals surface area contributed by atoms with E-state index in [0.717, 1.165) is 5.69 Å². The molecule has 0 bridgehead atoms. The lowest BCUT2D eigenvalue weighted by Gasteiger charge is -2.13. The molecule has 3 aromatic rings. The molecule has 3 rings (SSSR count). The highest BCUT2D eigenvalue weighted by Crippen LogP contribution is 2.29. The van der Waals surface area contributed by atoms with Gasteiger partial charge in [0.25, 0.3) is 5.91 Å². The van der Waals surface area contributed by atoms with Crippen LogP contribution in [0.3, 0.4) is 0 Å². The second kappa shape index (κ2) is 7.87. The van der Waals surface area contributed by atoms with Crippen molar-refractivity contribution in [3.05, 3.63) is 53.6 Å². The molecule has 0 spiro atoms. The molecular weight excluding hydrogens is 360 g/mol. The molecule has 1 N–H and O–H groups in total. The van der Waals surface area contributed by atoms with Crippen LogP contribution in [-0.4, -0.2) is 58.2 Å². The Labute approximate surface area is 161 Å². The Morgan fingerprint density at radius 1 is 1.07 bits per heavy atom. The van der Waals surface area contributed by atoms with E-state index in [-0.39, 0.29) is 5.91 Å². The van der Waals surface area contributed by atoms with Crippen molar-refractivity contribution in [1.29, 1.82) is 0 Å². The minimum absolute atomic E-state index is 0.0709. The maximum Gasteiger partial charge on any atom is 0.337 e. The number of methoxy groups -OCH3 is 1. The van der Waals surface area contributed by atoms with Crippen LogP contribution in [0, 0.1) is 0 Å². The fourth-order valence-corrected chi connectivity index (χ4v) is 2.58. The van der Waals surface area contributed by atoms with Gasteiger partial charge in [0.15, 0.2) is 0 Å². The quantitative estimate of drug-likeness (QED) is 0.676. The molecule has 0 radical (unpaired) electrons. The van der Waals surface area contributed by atoms with Crippen LogP contribution in [0.15, 0.2) is 42.5 Å². The van der Waals surface area contributed by atoms with Gasteiger partial charge in [-0.25, -0.2) is 4.79 Å². The van der Waals surface area contributed by atoms with Crippen molar-refractivity contribution in [2.24, 2.45) is 7.05 Å². The van der Waals surface area contributed by atoms with Crippen LogP contribution in [0.4, 0.5) is 11.4 Å². The SMILES string of the molecule is COC(=O)c1ccc(Nc2ccc(C(=O)N(C)C)cc2)c(-c2nnn(C)n2)c1. The van der Waals surface area contributed by atoms with Crippen molar-refractivity contribution in [1.82, 2.24) is 25.1 Å². The van der Waals surface area contributed by atoms with E-state index < -0.39 is 5.97 Å². The Balaban J connectivity index is 1.95. The van der Waals surface area contributed by atoms with Crippen molar-refractivity contribution in [2.45, 2.75) is 0 Å². The lowest BCUT2D eigenvalue weighted by Crippen LogP contribution is -2.21. The Bertz CT molecular complexity index is 1010. The largest absolute Gasteiger partial charge is 0.465 e. The van der Waals surface area contributed by atoms with E-state index >= 15 is 0 Å². The summed E-state index contributed by atoms with van der Waals surface area (Å²) in [6.45, 7) is 0. The molecular formula is C19H20N6O3. The molecule has 9 heteroatoms. The van der Waals surface area contributed by atoms with Gasteiger partial charge in [0.1, 0.15) is 0 Å². The topological polar surface area (TPSA) is 102 Å². The number of hydrogen-bond acceptors (Lipinski definition) is 7. The zero-order valence-electron chi connectivity index (χ0n) is 16.0. The van der Waals surface area contributed by atoms with Gasteiger partial charge >= 0.3 is 5.97 Å². The van der Waals surface area contributed by atoms with Crippen molar-refractivity contribution in [2.75, 3.05) is 26.5 Å². The Hall–Kier alpha value is -3.75. The lowest BCUT2D eigenvalue weighted by atomic mass is 10.1. The van der Waals surface area contributed by atoms with Gasteiger partial charge in [-0.05, 0) is 47.7 Å². The van der Waals surface area contributed by atoms with Crippen LogP contribution in [0.1, 0.15) is 20.7 Å².